The maximum absolute atomic E-state index is 5.18. The molecule has 84 valence electrons. The van der Waals surface area contributed by atoms with Gasteiger partial charge in [-0.2, -0.15) is 0 Å². The lowest BCUT2D eigenvalue weighted by Crippen LogP contribution is -2.09. The molecule has 1 N–H and O–H groups in total. The molecule has 0 amide bonds. The summed E-state index contributed by atoms with van der Waals surface area (Å²) in [4.78, 5) is 3.02. The van der Waals surface area contributed by atoms with Gasteiger partial charge in [-0.25, -0.2) is 0 Å². The standard InChI is InChI=1S/C13H16N2S/c1-11(9-12-5-3-2-4-6-12)10-15-8-7-14-13(15)16/h2-8,11H,9-10H2,1H3,(H,14,16). The lowest BCUT2D eigenvalue weighted by Gasteiger charge is -2.12. The first-order valence-corrected chi connectivity index (χ1v) is 5.94. The van der Waals surface area contributed by atoms with Crippen molar-refractivity contribution in [1.29, 1.82) is 0 Å². The highest BCUT2D eigenvalue weighted by molar-refractivity contribution is 7.71. The molecule has 1 aromatic carbocycles. The summed E-state index contributed by atoms with van der Waals surface area (Å²) in [6, 6.07) is 10.6. The van der Waals surface area contributed by atoms with Crippen LogP contribution >= 0.6 is 12.2 Å². The van der Waals surface area contributed by atoms with E-state index < -0.39 is 0 Å². The molecule has 2 rings (SSSR count). The summed E-state index contributed by atoms with van der Waals surface area (Å²) in [7, 11) is 0. The summed E-state index contributed by atoms with van der Waals surface area (Å²) in [5.41, 5.74) is 1.39. The Bertz CT molecular complexity index is 484. The monoisotopic (exact) mass is 232 g/mol. The maximum Gasteiger partial charge on any atom is 0.177 e. The van der Waals surface area contributed by atoms with Gasteiger partial charge in [0, 0.05) is 18.9 Å². The number of hydrogen-bond acceptors (Lipinski definition) is 1. The van der Waals surface area contributed by atoms with Crippen LogP contribution in [0.5, 0.6) is 0 Å². The second kappa shape index (κ2) is 5.12. The van der Waals surface area contributed by atoms with Crippen LogP contribution in [0.3, 0.4) is 0 Å². The van der Waals surface area contributed by atoms with Crippen LogP contribution in [0.1, 0.15) is 12.5 Å². The Morgan fingerprint density at radius 1 is 1.31 bits per heavy atom. The van der Waals surface area contributed by atoms with Gasteiger partial charge in [0.2, 0.25) is 0 Å². The first-order valence-electron chi connectivity index (χ1n) is 5.53. The van der Waals surface area contributed by atoms with Crippen molar-refractivity contribution in [3.05, 3.63) is 53.1 Å². The zero-order valence-electron chi connectivity index (χ0n) is 9.39. The molecule has 0 radical (unpaired) electrons. The second-order valence-electron chi connectivity index (χ2n) is 4.21. The summed E-state index contributed by atoms with van der Waals surface area (Å²) in [6.07, 6.45) is 4.98. The van der Waals surface area contributed by atoms with Crippen molar-refractivity contribution >= 4 is 12.2 Å². The molecular formula is C13H16N2S. The van der Waals surface area contributed by atoms with E-state index in [2.05, 4.69) is 46.8 Å². The SMILES string of the molecule is CC(Cc1ccccc1)Cn1cc[nH]c1=S. The Labute approximate surface area is 101 Å². The van der Waals surface area contributed by atoms with Crippen LogP contribution in [0.4, 0.5) is 0 Å². The zero-order valence-corrected chi connectivity index (χ0v) is 10.2. The molecule has 1 atom stereocenters. The van der Waals surface area contributed by atoms with Crippen molar-refractivity contribution in [3.63, 3.8) is 0 Å². The fraction of sp³-hybridized carbons (Fsp3) is 0.308. The number of aromatic amines is 1. The van der Waals surface area contributed by atoms with Gasteiger partial charge >= 0.3 is 0 Å². The molecule has 0 aliphatic heterocycles. The van der Waals surface area contributed by atoms with E-state index in [0.29, 0.717) is 5.92 Å². The molecule has 2 nitrogen and oxygen atoms in total. The first-order chi connectivity index (χ1) is 7.75. The Morgan fingerprint density at radius 3 is 2.69 bits per heavy atom. The number of benzene rings is 1. The van der Waals surface area contributed by atoms with Gasteiger partial charge in [0.05, 0.1) is 0 Å². The average Bonchev–Trinajstić information content (AvgIpc) is 2.66. The van der Waals surface area contributed by atoms with E-state index in [1.807, 2.05) is 12.4 Å². The summed E-state index contributed by atoms with van der Waals surface area (Å²) in [6.45, 7) is 3.22. The summed E-state index contributed by atoms with van der Waals surface area (Å²) >= 11 is 5.18. The van der Waals surface area contributed by atoms with Crippen molar-refractivity contribution in [1.82, 2.24) is 9.55 Å². The number of aromatic nitrogens is 2. The second-order valence-corrected chi connectivity index (χ2v) is 4.60. The molecule has 0 aliphatic carbocycles. The quantitative estimate of drug-likeness (QED) is 0.801. The van der Waals surface area contributed by atoms with Gasteiger partial charge in [0.1, 0.15) is 0 Å². The third-order valence-corrected chi connectivity index (χ3v) is 3.01. The fourth-order valence-electron chi connectivity index (χ4n) is 1.91. The smallest absolute Gasteiger partial charge is 0.177 e. The predicted octanol–water partition coefficient (Wildman–Crippen LogP) is 3.42. The maximum atomic E-state index is 5.18. The number of hydrogen-bond donors (Lipinski definition) is 1. The first kappa shape index (κ1) is 11.1. The minimum atomic E-state index is 0.588. The van der Waals surface area contributed by atoms with Crippen LogP contribution in [0.15, 0.2) is 42.7 Å². The van der Waals surface area contributed by atoms with E-state index in [1.54, 1.807) is 0 Å². The van der Waals surface area contributed by atoms with Crippen molar-refractivity contribution in [3.8, 4) is 0 Å². The van der Waals surface area contributed by atoms with Crippen molar-refractivity contribution in [2.45, 2.75) is 19.9 Å². The van der Waals surface area contributed by atoms with Crippen LogP contribution in [-0.4, -0.2) is 9.55 Å². The number of H-pyrrole nitrogens is 1. The van der Waals surface area contributed by atoms with E-state index >= 15 is 0 Å². The number of nitrogens with zero attached hydrogens (tertiary/aromatic N) is 1. The number of imidazole rings is 1. The highest BCUT2D eigenvalue weighted by atomic mass is 32.1. The topological polar surface area (TPSA) is 20.7 Å². The number of rotatable bonds is 4. The van der Waals surface area contributed by atoms with Crippen LogP contribution in [0, 0.1) is 10.7 Å². The Hall–Kier alpha value is -1.35. The third-order valence-electron chi connectivity index (χ3n) is 2.66. The minimum absolute atomic E-state index is 0.588. The van der Waals surface area contributed by atoms with Gasteiger partial charge in [-0.3, -0.25) is 0 Å². The summed E-state index contributed by atoms with van der Waals surface area (Å²) < 4.78 is 2.89. The average molecular weight is 232 g/mol. The van der Waals surface area contributed by atoms with E-state index in [1.165, 1.54) is 5.56 Å². The Balaban J connectivity index is 1.97. The predicted molar refractivity (Wildman–Crippen MR) is 68.9 cm³/mol. The molecule has 0 spiro atoms. The van der Waals surface area contributed by atoms with Gasteiger partial charge in [-0.05, 0) is 30.1 Å². The van der Waals surface area contributed by atoms with Crippen LogP contribution in [-0.2, 0) is 13.0 Å². The molecule has 0 aliphatic rings. The zero-order chi connectivity index (χ0) is 11.4. The van der Waals surface area contributed by atoms with E-state index in [4.69, 9.17) is 12.2 Å². The molecule has 0 saturated heterocycles. The van der Waals surface area contributed by atoms with Gasteiger partial charge in [-0.1, -0.05) is 37.3 Å². The van der Waals surface area contributed by atoms with Crippen LogP contribution in [0.2, 0.25) is 0 Å². The lowest BCUT2D eigenvalue weighted by atomic mass is 10.0. The van der Waals surface area contributed by atoms with Crippen molar-refractivity contribution in [2.75, 3.05) is 0 Å². The van der Waals surface area contributed by atoms with E-state index in [-0.39, 0.29) is 0 Å². The fourth-order valence-corrected chi connectivity index (χ4v) is 2.11. The molecule has 0 saturated carbocycles. The Morgan fingerprint density at radius 2 is 2.06 bits per heavy atom. The normalized spacial score (nSPS) is 12.6. The molecular weight excluding hydrogens is 216 g/mol. The molecule has 16 heavy (non-hydrogen) atoms. The highest BCUT2D eigenvalue weighted by Gasteiger charge is 2.04. The molecule has 0 bridgehead atoms. The summed E-state index contributed by atoms with van der Waals surface area (Å²) in [5.74, 6) is 0.588. The largest absolute Gasteiger partial charge is 0.337 e. The van der Waals surface area contributed by atoms with Gasteiger partial charge in [0.25, 0.3) is 0 Å². The highest BCUT2D eigenvalue weighted by Crippen LogP contribution is 2.10. The van der Waals surface area contributed by atoms with Crippen molar-refractivity contribution < 1.29 is 0 Å². The molecule has 1 heterocycles. The summed E-state index contributed by atoms with van der Waals surface area (Å²) in [5, 5.41) is 0. The minimum Gasteiger partial charge on any atom is -0.337 e. The number of nitrogens with one attached hydrogen (secondary N) is 1. The van der Waals surface area contributed by atoms with Crippen molar-refractivity contribution in [2.24, 2.45) is 5.92 Å². The molecule has 1 unspecified atom stereocenters. The van der Waals surface area contributed by atoms with Gasteiger partial charge in [0.15, 0.2) is 4.77 Å². The third kappa shape index (κ3) is 2.83. The van der Waals surface area contributed by atoms with Crippen LogP contribution < -0.4 is 0 Å². The van der Waals surface area contributed by atoms with Gasteiger partial charge in [-0.15, -0.1) is 0 Å². The molecule has 2 aromatic rings. The lowest BCUT2D eigenvalue weighted by molar-refractivity contribution is 0.476. The van der Waals surface area contributed by atoms with Gasteiger partial charge < -0.3 is 9.55 Å². The van der Waals surface area contributed by atoms with E-state index in [0.717, 1.165) is 17.7 Å². The molecule has 3 heteroatoms. The van der Waals surface area contributed by atoms with E-state index in [9.17, 15) is 0 Å². The van der Waals surface area contributed by atoms with Crippen LogP contribution in [0.25, 0.3) is 0 Å². The molecule has 0 fully saturated rings. The molecule has 1 aromatic heterocycles. The Kier molecular flexibility index (Phi) is 3.57.